The van der Waals surface area contributed by atoms with Gasteiger partial charge in [-0.1, -0.05) is 0 Å². The summed E-state index contributed by atoms with van der Waals surface area (Å²) in [5, 5.41) is 13.9. The average Bonchev–Trinajstić information content (AvgIpc) is 3.05. The molecule has 0 N–H and O–H groups in total. The first kappa shape index (κ1) is 16.1. The molecule has 2 aromatic heterocycles. The Morgan fingerprint density at radius 2 is 2.24 bits per heavy atom. The van der Waals surface area contributed by atoms with Crippen molar-refractivity contribution in [2.45, 2.75) is 45.3 Å². The minimum absolute atomic E-state index is 0.0532. The number of anilines is 1. The first-order valence-corrected chi connectivity index (χ1v) is 9.01. The van der Waals surface area contributed by atoms with Gasteiger partial charge in [0, 0.05) is 25.0 Å². The number of rotatable bonds is 3. The number of nitriles is 1. The van der Waals surface area contributed by atoms with Crippen molar-refractivity contribution in [1.82, 2.24) is 14.8 Å². The zero-order chi connectivity index (χ0) is 17.2. The van der Waals surface area contributed by atoms with E-state index in [1.54, 1.807) is 0 Å². The van der Waals surface area contributed by atoms with E-state index in [0.29, 0.717) is 12.2 Å². The van der Waals surface area contributed by atoms with E-state index >= 15 is 0 Å². The Bertz CT molecular complexity index is 807. The summed E-state index contributed by atoms with van der Waals surface area (Å²) in [7, 11) is 0. The van der Waals surface area contributed by atoms with Crippen molar-refractivity contribution in [3.8, 4) is 6.07 Å². The molecular formula is C19H23N5O. The van der Waals surface area contributed by atoms with Crippen molar-refractivity contribution < 1.29 is 4.74 Å². The molecule has 0 aromatic carbocycles. The molecular weight excluding hydrogens is 314 g/mol. The highest BCUT2D eigenvalue weighted by molar-refractivity contribution is 5.56. The Labute approximate surface area is 148 Å². The molecule has 1 aliphatic carbocycles. The maximum atomic E-state index is 9.59. The first-order valence-electron chi connectivity index (χ1n) is 9.01. The van der Waals surface area contributed by atoms with Crippen LogP contribution in [0.5, 0.6) is 0 Å². The molecule has 1 aliphatic heterocycles. The highest BCUT2D eigenvalue weighted by Gasteiger charge is 2.25. The lowest BCUT2D eigenvalue weighted by Gasteiger charge is -2.34. The zero-order valence-corrected chi connectivity index (χ0v) is 14.6. The Morgan fingerprint density at radius 3 is 3.04 bits per heavy atom. The third-order valence-corrected chi connectivity index (χ3v) is 4.99. The normalized spacial score (nSPS) is 20.2. The van der Waals surface area contributed by atoms with Gasteiger partial charge in [0.1, 0.15) is 11.9 Å². The number of fused-ring (bicyclic) bond motifs is 1. The molecule has 0 bridgehead atoms. The van der Waals surface area contributed by atoms with E-state index in [9.17, 15) is 5.26 Å². The van der Waals surface area contributed by atoms with Crippen molar-refractivity contribution in [1.29, 1.82) is 5.26 Å². The molecule has 1 atom stereocenters. The van der Waals surface area contributed by atoms with Crippen molar-refractivity contribution in [3.63, 3.8) is 0 Å². The van der Waals surface area contributed by atoms with Crippen LogP contribution in [0.15, 0.2) is 18.5 Å². The van der Waals surface area contributed by atoms with Gasteiger partial charge in [0.25, 0.3) is 0 Å². The number of aryl methyl sites for hydroxylation is 3. The summed E-state index contributed by atoms with van der Waals surface area (Å²) in [5.74, 6) is 0.827. The van der Waals surface area contributed by atoms with Gasteiger partial charge >= 0.3 is 0 Å². The zero-order valence-electron chi connectivity index (χ0n) is 14.6. The lowest BCUT2D eigenvalue weighted by molar-refractivity contribution is 0.0271. The first-order chi connectivity index (χ1) is 12.2. The van der Waals surface area contributed by atoms with Crippen LogP contribution < -0.4 is 4.90 Å². The number of hydrogen-bond donors (Lipinski definition) is 0. The molecule has 130 valence electrons. The van der Waals surface area contributed by atoms with Crippen LogP contribution in [0.1, 0.15) is 35.2 Å². The fourth-order valence-corrected chi connectivity index (χ4v) is 3.74. The average molecular weight is 337 g/mol. The summed E-state index contributed by atoms with van der Waals surface area (Å²) in [6.07, 6.45) is 8.39. The van der Waals surface area contributed by atoms with Gasteiger partial charge in [-0.2, -0.15) is 10.4 Å². The van der Waals surface area contributed by atoms with Crippen LogP contribution in [0.25, 0.3) is 0 Å². The third-order valence-electron chi connectivity index (χ3n) is 4.99. The molecule has 3 heterocycles. The molecule has 1 fully saturated rings. The molecule has 2 aliphatic rings. The summed E-state index contributed by atoms with van der Waals surface area (Å²) in [5.41, 5.74) is 4.27. The standard InChI is InChI=1S/C19H23N5O/c1-14-10-21-24(11-14)13-17-12-23(6-7-25-17)19-16(9-20)8-15-4-2-3-5-18(15)22-19/h8,10-11,17H,2-7,12-13H2,1H3/t17-/m0/s1. The predicted molar refractivity (Wildman–Crippen MR) is 94.5 cm³/mol. The van der Waals surface area contributed by atoms with Crippen molar-refractivity contribution >= 4 is 5.82 Å². The second kappa shape index (κ2) is 6.85. The predicted octanol–water partition coefficient (Wildman–Crippen LogP) is 2.24. The fraction of sp³-hybridized carbons (Fsp3) is 0.526. The molecule has 0 unspecified atom stereocenters. The van der Waals surface area contributed by atoms with Crippen LogP contribution in [0.2, 0.25) is 0 Å². The molecule has 0 saturated carbocycles. The minimum Gasteiger partial charge on any atom is -0.373 e. The maximum Gasteiger partial charge on any atom is 0.147 e. The van der Waals surface area contributed by atoms with E-state index < -0.39 is 0 Å². The van der Waals surface area contributed by atoms with E-state index in [4.69, 9.17) is 9.72 Å². The van der Waals surface area contributed by atoms with Gasteiger partial charge in [-0.15, -0.1) is 0 Å². The quantitative estimate of drug-likeness (QED) is 0.859. The Hall–Kier alpha value is -2.39. The third kappa shape index (κ3) is 3.38. The summed E-state index contributed by atoms with van der Waals surface area (Å²) < 4.78 is 7.84. The largest absolute Gasteiger partial charge is 0.373 e. The molecule has 0 radical (unpaired) electrons. The van der Waals surface area contributed by atoms with Crippen LogP contribution in [-0.2, 0) is 24.1 Å². The molecule has 6 heteroatoms. The molecule has 0 amide bonds. The molecule has 6 nitrogen and oxygen atoms in total. The SMILES string of the molecule is Cc1cnn(C[C@@H]2CN(c3nc4c(cc3C#N)CCCC4)CCO2)c1. The Kier molecular flexibility index (Phi) is 4.41. The molecule has 2 aromatic rings. The Morgan fingerprint density at radius 1 is 1.36 bits per heavy atom. The van der Waals surface area contributed by atoms with Crippen LogP contribution in [0.4, 0.5) is 5.82 Å². The van der Waals surface area contributed by atoms with Crippen LogP contribution >= 0.6 is 0 Å². The lowest BCUT2D eigenvalue weighted by atomic mass is 9.95. The van der Waals surface area contributed by atoms with Gasteiger partial charge < -0.3 is 9.64 Å². The maximum absolute atomic E-state index is 9.59. The summed E-state index contributed by atoms with van der Waals surface area (Å²) in [6, 6.07) is 4.40. The second-order valence-corrected chi connectivity index (χ2v) is 6.96. The van der Waals surface area contributed by atoms with Gasteiger partial charge in [0.15, 0.2) is 0 Å². The van der Waals surface area contributed by atoms with Gasteiger partial charge in [0.2, 0.25) is 0 Å². The van der Waals surface area contributed by atoms with Crippen LogP contribution in [0.3, 0.4) is 0 Å². The smallest absolute Gasteiger partial charge is 0.147 e. The topological polar surface area (TPSA) is 67.0 Å². The van der Waals surface area contributed by atoms with Crippen LogP contribution in [0, 0.1) is 18.3 Å². The minimum atomic E-state index is 0.0532. The summed E-state index contributed by atoms with van der Waals surface area (Å²) >= 11 is 0. The lowest BCUT2D eigenvalue weighted by Crippen LogP contribution is -2.45. The van der Waals surface area contributed by atoms with Crippen molar-refractivity contribution in [2.75, 3.05) is 24.6 Å². The summed E-state index contributed by atoms with van der Waals surface area (Å²) in [4.78, 5) is 7.09. The molecule has 0 spiro atoms. The van der Waals surface area contributed by atoms with Gasteiger partial charge in [-0.05, 0) is 49.8 Å². The van der Waals surface area contributed by atoms with E-state index in [-0.39, 0.29) is 6.10 Å². The number of morpholine rings is 1. The van der Waals surface area contributed by atoms with Crippen molar-refractivity contribution in [3.05, 3.63) is 40.8 Å². The van der Waals surface area contributed by atoms with Crippen molar-refractivity contribution in [2.24, 2.45) is 0 Å². The second-order valence-electron chi connectivity index (χ2n) is 6.96. The summed E-state index contributed by atoms with van der Waals surface area (Å²) in [6.45, 7) is 4.91. The Balaban J connectivity index is 1.55. The van der Waals surface area contributed by atoms with Gasteiger partial charge in [-0.3, -0.25) is 4.68 Å². The number of pyridine rings is 1. The molecule has 4 rings (SSSR count). The number of ether oxygens (including phenoxy) is 1. The highest BCUT2D eigenvalue weighted by atomic mass is 16.5. The van der Waals surface area contributed by atoms with Crippen LogP contribution in [-0.4, -0.2) is 40.6 Å². The molecule has 25 heavy (non-hydrogen) atoms. The van der Waals surface area contributed by atoms with E-state index in [2.05, 4.69) is 22.1 Å². The van der Waals surface area contributed by atoms with Gasteiger partial charge in [-0.25, -0.2) is 4.98 Å². The molecule has 1 saturated heterocycles. The highest BCUT2D eigenvalue weighted by Crippen LogP contribution is 2.27. The number of nitrogens with zero attached hydrogens (tertiary/aromatic N) is 5. The number of hydrogen-bond acceptors (Lipinski definition) is 5. The number of aromatic nitrogens is 3. The van der Waals surface area contributed by atoms with E-state index in [1.165, 1.54) is 24.1 Å². The van der Waals surface area contributed by atoms with E-state index in [1.807, 2.05) is 24.0 Å². The fourth-order valence-electron chi connectivity index (χ4n) is 3.74. The van der Waals surface area contributed by atoms with Gasteiger partial charge in [0.05, 0.1) is 31.0 Å². The van der Waals surface area contributed by atoms with E-state index in [0.717, 1.165) is 43.9 Å². The monoisotopic (exact) mass is 337 g/mol.